The van der Waals surface area contributed by atoms with Gasteiger partial charge in [-0.05, 0) is 28.1 Å². The predicted molar refractivity (Wildman–Crippen MR) is 56.2 cm³/mol. The fraction of sp³-hybridized carbons (Fsp3) is 0.111. The van der Waals surface area contributed by atoms with Crippen molar-refractivity contribution in [2.45, 2.75) is 6.54 Å². The Morgan fingerprint density at radius 3 is 3.07 bits per heavy atom. The minimum atomic E-state index is -0.267. The number of carbonyl (C=O) groups is 1. The summed E-state index contributed by atoms with van der Waals surface area (Å²) in [5.41, 5.74) is 0. The molecule has 1 amide bonds. The summed E-state index contributed by atoms with van der Waals surface area (Å²) >= 11 is 3.13. The Morgan fingerprint density at radius 1 is 1.60 bits per heavy atom. The molecule has 0 aliphatic heterocycles. The maximum atomic E-state index is 11.5. The maximum absolute atomic E-state index is 11.5. The minimum absolute atomic E-state index is 0.267. The van der Waals surface area contributed by atoms with Crippen molar-refractivity contribution in [3.63, 3.8) is 0 Å². The lowest BCUT2D eigenvalue weighted by Crippen LogP contribution is -2.22. The van der Waals surface area contributed by atoms with E-state index in [1.807, 2.05) is 0 Å². The van der Waals surface area contributed by atoms with Crippen LogP contribution in [-0.2, 0) is 6.54 Å². The van der Waals surface area contributed by atoms with Gasteiger partial charge >= 0.3 is 0 Å². The fourth-order valence-corrected chi connectivity index (χ4v) is 1.39. The maximum Gasteiger partial charge on any atom is 0.287 e. The first-order valence-corrected chi connectivity index (χ1v) is 5.07. The van der Waals surface area contributed by atoms with E-state index in [-0.39, 0.29) is 11.7 Å². The topological polar surface area (TPSA) is 70.9 Å². The molecule has 2 aromatic rings. The average Bonchev–Trinajstić information content (AvgIpc) is 2.84. The van der Waals surface area contributed by atoms with E-state index in [0.717, 1.165) is 0 Å². The minimum Gasteiger partial charge on any atom is -0.444 e. The molecule has 0 saturated heterocycles. The molecule has 5 nitrogen and oxygen atoms in total. The quantitative estimate of drug-likeness (QED) is 0.891. The van der Waals surface area contributed by atoms with E-state index >= 15 is 0 Å². The number of halogens is 1. The lowest BCUT2D eigenvalue weighted by molar-refractivity contribution is 0.0921. The third-order valence-electron chi connectivity index (χ3n) is 1.77. The molecule has 0 radical (unpaired) electrons. The number of H-pyrrole nitrogens is 1. The summed E-state index contributed by atoms with van der Waals surface area (Å²) in [7, 11) is 0. The van der Waals surface area contributed by atoms with E-state index in [2.05, 4.69) is 31.2 Å². The van der Waals surface area contributed by atoms with E-state index in [9.17, 15) is 4.79 Å². The Labute approximate surface area is 94.0 Å². The molecule has 0 spiro atoms. The number of hydrogen-bond acceptors (Lipinski definition) is 3. The summed E-state index contributed by atoms with van der Waals surface area (Å²) in [4.78, 5) is 18.3. The van der Waals surface area contributed by atoms with E-state index < -0.39 is 0 Å². The van der Waals surface area contributed by atoms with Crippen molar-refractivity contribution in [3.8, 4) is 0 Å². The normalized spacial score (nSPS) is 10.2. The zero-order valence-electron chi connectivity index (χ0n) is 7.66. The van der Waals surface area contributed by atoms with Gasteiger partial charge in [0, 0.05) is 12.4 Å². The van der Waals surface area contributed by atoms with Crippen LogP contribution in [0, 0.1) is 0 Å². The summed E-state index contributed by atoms with van der Waals surface area (Å²) in [6, 6.07) is 3.27. The second kappa shape index (κ2) is 4.31. The SMILES string of the molecule is O=C(NCc1ncc[nH]1)c1ccc(Br)o1. The van der Waals surface area contributed by atoms with Crippen LogP contribution in [0.25, 0.3) is 0 Å². The number of nitrogens with zero attached hydrogens (tertiary/aromatic N) is 1. The number of imidazole rings is 1. The molecule has 0 saturated carbocycles. The van der Waals surface area contributed by atoms with Crippen LogP contribution in [0.15, 0.2) is 33.6 Å². The van der Waals surface area contributed by atoms with Crippen molar-refractivity contribution in [2.24, 2.45) is 0 Å². The molecule has 0 bridgehead atoms. The summed E-state index contributed by atoms with van der Waals surface area (Å²) in [6.45, 7) is 0.351. The standard InChI is InChI=1S/C9H8BrN3O2/c10-7-2-1-6(15-7)9(14)13-5-8-11-3-4-12-8/h1-4H,5H2,(H,11,12)(H,13,14). The molecule has 78 valence electrons. The number of amides is 1. The van der Waals surface area contributed by atoms with Crippen molar-refractivity contribution in [2.75, 3.05) is 0 Å². The van der Waals surface area contributed by atoms with Crippen LogP contribution in [-0.4, -0.2) is 15.9 Å². The van der Waals surface area contributed by atoms with Gasteiger partial charge in [0.25, 0.3) is 5.91 Å². The molecular formula is C9H8BrN3O2. The summed E-state index contributed by atoms with van der Waals surface area (Å²) in [5.74, 6) is 0.708. The third-order valence-corrected chi connectivity index (χ3v) is 2.19. The Kier molecular flexibility index (Phi) is 2.86. The van der Waals surface area contributed by atoms with E-state index in [4.69, 9.17) is 4.42 Å². The monoisotopic (exact) mass is 269 g/mol. The van der Waals surface area contributed by atoms with Gasteiger partial charge in [-0.25, -0.2) is 4.98 Å². The van der Waals surface area contributed by atoms with Gasteiger partial charge < -0.3 is 14.7 Å². The molecular weight excluding hydrogens is 262 g/mol. The molecule has 0 atom stereocenters. The van der Waals surface area contributed by atoms with Crippen LogP contribution in [0.1, 0.15) is 16.4 Å². The van der Waals surface area contributed by atoms with Crippen molar-refractivity contribution < 1.29 is 9.21 Å². The predicted octanol–water partition coefficient (Wildman–Crippen LogP) is 1.70. The summed E-state index contributed by atoms with van der Waals surface area (Å²) in [6.07, 6.45) is 3.33. The molecule has 0 aromatic carbocycles. The zero-order valence-corrected chi connectivity index (χ0v) is 9.24. The molecule has 2 rings (SSSR count). The molecule has 0 aliphatic rings. The van der Waals surface area contributed by atoms with E-state index in [1.165, 1.54) is 0 Å². The van der Waals surface area contributed by atoms with Gasteiger partial charge in [-0.15, -0.1) is 0 Å². The van der Waals surface area contributed by atoms with Gasteiger partial charge in [0.15, 0.2) is 10.4 Å². The molecule has 0 unspecified atom stereocenters. The second-order valence-electron chi connectivity index (χ2n) is 2.82. The number of aromatic amines is 1. The van der Waals surface area contributed by atoms with Gasteiger partial charge in [0.2, 0.25) is 0 Å². The Bertz CT molecular complexity index is 450. The van der Waals surface area contributed by atoms with E-state index in [0.29, 0.717) is 17.0 Å². The Morgan fingerprint density at radius 2 is 2.47 bits per heavy atom. The fourth-order valence-electron chi connectivity index (χ4n) is 1.08. The highest BCUT2D eigenvalue weighted by atomic mass is 79.9. The summed E-state index contributed by atoms with van der Waals surface area (Å²) in [5, 5.41) is 2.67. The third kappa shape index (κ3) is 2.47. The van der Waals surface area contributed by atoms with Gasteiger partial charge in [0.1, 0.15) is 5.82 Å². The van der Waals surface area contributed by atoms with Crippen LogP contribution in [0.2, 0.25) is 0 Å². The number of rotatable bonds is 3. The lowest BCUT2D eigenvalue weighted by Gasteiger charge is -1.99. The van der Waals surface area contributed by atoms with Gasteiger partial charge in [-0.2, -0.15) is 0 Å². The molecule has 2 N–H and O–H groups in total. The van der Waals surface area contributed by atoms with Gasteiger partial charge in [-0.1, -0.05) is 0 Å². The van der Waals surface area contributed by atoms with Crippen LogP contribution >= 0.6 is 15.9 Å². The first-order chi connectivity index (χ1) is 7.25. The number of aromatic nitrogens is 2. The van der Waals surface area contributed by atoms with Crippen molar-refractivity contribution >= 4 is 21.8 Å². The molecule has 15 heavy (non-hydrogen) atoms. The van der Waals surface area contributed by atoms with Gasteiger partial charge in [-0.3, -0.25) is 4.79 Å². The largest absolute Gasteiger partial charge is 0.444 e. The zero-order chi connectivity index (χ0) is 10.7. The Balaban J connectivity index is 1.93. The van der Waals surface area contributed by atoms with Crippen molar-refractivity contribution in [3.05, 3.63) is 40.8 Å². The Hall–Kier alpha value is -1.56. The molecule has 2 heterocycles. The van der Waals surface area contributed by atoms with Crippen molar-refractivity contribution in [1.82, 2.24) is 15.3 Å². The molecule has 2 aromatic heterocycles. The lowest BCUT2D eigenvalue weighted by atomic mass is 10.4. The first kappa shape index (κ1) is 9.97. The smallest absolute Gasteiger partial charge is 0.287 e. The second-order valence-corrected chi connectivity index (χ2v) is 3.60. The number of furan rings is 1. The van der Waals surface area contributed by atoms with E-state index in [1.54, 1.807) is 24.5 Å². The van der Waals surface area contributed by atoms with Crippen LogP contribution < -0.4 is 5.32 Å². The highest BCUT2D eigenvalue weighted by molar-refractivity contribution is 9.10. The molecule has 6 heteroatoms. The van der Waals surface area contributed by atoms with Crippen LogP contribution in [0.4, 0.5) is 0 Å². The molecule has 0 fully saturated rings. The summed E-state index contributed by atoms with van der Waals surface area (Å²) < 4.78 is 5.62. The number of nitrogens with one attached hydrogen (secondary N) is 2. The average molecular weight is 270 g/mol. The van der Waals surface area contributed by atoms with Gasteiger partial charge in [0.05, 0.1) is 6.54 Å². The number of hydrogen-bond donors (Lipinski definition) is 2. The van der Waals surface area contributed by atoms with Crippen LogP contribution in [0.5, 0.6) is 0 Å². The highest BCUT2D eigenvalue weighted by Gasteiger charge is 2.09. The highest BCUT2D eigenvalue weighted by Crippen LogP contribution is 2.13. The first-order valence-electron chi connectivity index (χ1n) is 4.27. The number of carbonyl (C=O) groups excluding carboxylic acids is 1. The van der Waals surface area contributed by atoms with Crippen molar-refractivity contribution in [1.29, 1.82) is 0 Å². The molecule has 0 aliphatic carbocycles. The van der Waals surface area contributed by atoms with Crippen LogP contribution in [0.3, 0.4) is 0 Å².